The molecule has 2 N–H and O–H groups in total. The van der Waals surface area contributed by atoms with Crippen LogP contribution in [0, 0.1) is 5.82 Å². The quantitative estimate of drug-likeness (QED) is 0.471. The summed E-state index contributed by atoms with van der Waals surface area (Å²) in [5.41, 5.74) is 1.35. The molecular weight excluding hydrogens is 435 g/mol. The fourth-order valence-electron chi connectivity index (χ4n) is 4.20. The number of piperidine rings is 1. The lowest BCUT2D eigenvalue weighted by molar-refractivity contribution is -0.143. The molecule has 1 saturated heterocycles. The second kappa shape index (κ2) is 11.0. The van der Waals surface area contributed by atoms with Gasteiger partial charge < -0.3 is 20.3 Å². The lowest BCUT2D eigenvalue weighted by atomic mass is 10.0. The molecule has 3 aromatic rings. The highest BCUT2D eigenvalue weighted by molar-refractivity contribution is 5.93. The van der Waals surface area contributed by atoms with Crippen LogP contribution in [0.1, 0.15) is 44.2 Å². The largest absolute Gasteiger partial charge is 0.466 e. The number of urea groups is 1. The lowest BCUT2D eigenvalue weighted by Gasteiger charge is -2.27. The fourth-order valence-corrected chi connectivity index (χ4v) is 4.20. The van der Waals surface area contributed by atoms with E-state index in [-0.39, 0.29) is 18.5 Å². The molecule has 1 atom stereocenters. The summed E-state index contributed by atoms with van der Waals surface area (Å²) in [7, 11) is 0. The van der Waals surface area contributed by atoms with E-state index in [0.717, 1.165) is 37.3 Å². The Morgan fingerprint density at radius 1 is 1.09 bits per heavy atom. The molecule has 4 rings (SSSR count). The van der Waals surface area contributed by atoms with Gasteiger partial charge in [-0.1, -0.05) is 30.3 Å². The molecule has 2 amide bonds. The van der Waals surface area contributed by atoms with Crippen LogP contribution in [0.25, 0.3) is 10.9 Å². The van der Waals surface area contributed by atoms with Gasteiger partial charge in [-0.05, 0) is 56.0 Å². The van der Waals surface area contributed by atoms with Crippen LogP contribution in [0.4, 0.5) is 20.7 Å². The lowest BCUT2D eigenvalue weighted by Crippen LogP contribution is -2.34. The molecule has 2 aromatic carbocycles. The maximum absolute atomic E-state index is 14.9. The number of esters is 1. The van der Waals surface area contributed by atoms with Gasteiger partial charge in [0, 0.05) is 24.2 Å². The van der Waals surface area contributed by atoms with E-state index >= 15 is 0 Å². The number of halogens is 1. The van der Waals surface area contributed by atoms with Crippen molar-refractivity contribution in [3.63, 3.8) is 0 Å². The van der Waals surface area contributed by atoms with Crippen LogP contribution in [0.3, 0.4) is 0 Å². The van der Waals surface area contributed by atoms with Crippen LogP contribution in [0.2, 0.25) is 0 Å². The summed E-state index contributed by atoms with van der Waals surface area (Å²) in [5.74, 6) is -0.143. The summed E-state index contributed by atoms with van der Waals surface area (Å²) in [5, 5.41) is 6.07. The minimum Gasteiger partial charge on any atom is -0.466 e. The van der Waals surface area contributed by atoms with Crippen molar-refractivity contribution in [1.29, 1.82) is 0 Å². The second-order valence-electron chi connectivity index (χ2n) is 8.32. The van der Waals surface area contributed by atoms with E-state index in [0.29, 0.717) is 11.1 Å². The number of nitrogens with one attached hydrogen (secondary N) is 2. The van der Waals surface area contributed by atoms with Gasteiger partial charge in [0.25, 0.3) is 0 Å². The van der Waals surface area contributed by atoms with Gasteiger partial charge in [0.15, 0.2) is 5.82 Å². The third kappa shape index (κ3) is 5.81. The molecule has 2 heterocycles. The number of nitrogens with zero attached hydrogens (tertiary/aromatic N) is 2. The van der Waals surface area contributed by atoms with Gasteiger partial charge >= 0.3 is 12.0 Å². The minimum absolute atomic E-state index is 0.0133. The Hall–Kier alpha value is -3.68. The van der Waals surface area contributed by atoms with Crippen molar-refractivity contribution in [3.8, 4) is 0 Å². The zero-order chi connectivity index (χ0) is 23.9. The Morgan fingerprint density at radius 3 is 2.59 bits per heavy atom. The molecular formula is C26H29FN4O3. The molecule has 1 fully saturated rings. The Balaban J connectivity index is 1.49. The number of anilines is 2. The van der Waals surface area contributed by atoms with Crippen molar-refractivity contribution in [1.82, 2.24) is 10.3 Å². The second-order valence-corrected chi connectivity index (χ2v) is 8.32. The van der Waals surface area contributed by atoms with Crippen molar-refractivity contribution in [3.05, 3.63) is 66.0 Å². The number of pyridine rings is 1. The molecule has 7 nitrogen and oxygen atoms in total. The van der Waals surface area contributed by atoms with Gasteiger partial charge in [-0.25, -0.2) is 14.2 Å². The number of carbonyl (C=O) groups excluding carboxylic acids is 2. The summed E-state index contributed by atoms with van der Waals surface area (Å²) in [4.78, 5) is 31.5. The maximum atomic E-state index is 14.9. The molecule has 0 spiro atoms. The molecule has 34 heavy (non-hydrogen) atoms. The molecule has 1 aliphatic heterocycles. The van der Waals surface area contributed by atoms with Crippen molar-refractivity contribution in [2.24, 2.45) is 0 Å². The standard InChI is InChI=1S/C26H29FN4O3/c1-2-34-24(32)17-22(18-9-5-3-6-10-18)29-26(33)28-20-15-19-11-12-23(30-25(19)21(27)16-20)31-13-7-4-8-14-31/h3,5-6,9-12,15-16,22H,2,4,7-8,13-14,17H2,1H3,(H2,28,29,33)/t22-/m1/s1. The van der Waals surface area contributed by atoms with E-state index in [1.54, 1.807) is 13.0 Å². The molecule has 0 saturated carbocycles. The number of ether oxygens (including phenoxy) is 1. The summed E-state index contributed by atoms with van der Waals surface area (Å²) in [6.07, 6.45) is 3.42. The van der Waals surface area contributed by atoms with Crippen molar-refractivity contribution in [2.45, 2.75) is 38.6 Å². The van der Waals surface area contributed by atoms with Crippen LogP contribution in [-0.2, 0) is 9.53 Å². The zero-order valence-corrected chi connectivity index (χ0v) is 19.2. The number of amides is 2. The molecule has 0 unspecified atom stereocenters. The summed E-state index contributed by atoms with van der Waals surface area (Å²) in [6.45, 7) is 3.84. The molecule has 1 aliphatic rings. The molecule has 8 heteroatoms. The highest BCUT2D eigenvalue weighted by atomic mass is 19.1. The minimum atomic E-state index is -0.584. The predicted molar refractivity (Wildman–Crippen MR) is 130 cm³/mol. The number of rotatable bonds is 7. The SMILES string of the molecule is CCOC(=O)C[C@@H](NC(=O)Nc1cc(F)c2nc(N3CCCCC3)ccc2c1)c1ccccc1. The van der Waals surface area contributed by atoms with Crippen molar-refractivity contribution in [2.75, 3.05) is 29.9 Å². The normalized spacial score (nSPS) is 14.5. The summed E-state index contributed by atoms with van der Waals surface area (Å²) < 4.78 is 20.0. The molecule has 0 aliphatic carbocycles. The number of fused-ring (bicyclic) bond motifs is 1. The maximum Gasteiger partial charge on any atom is 0.319 e. The highest BCUT2D eigenvalue weighted by Crippen LogP contribution is 2.26. The third-order valence-electron chi connectivity index (χ3n) is 5.85. The van der Waals surface area contributed by atoms with Gasteiger partial charge in [0.2, 0.25) is 0 Å². The van der Waals surface area contributed by atoms with E-state index < -0.39 is 23.9 Å². The average molecular weight is 465 g/mol. The van der Waals surface area contributed by atoms with Crippen LogP contribution in [-0.4, -0.2) is 36.7 Å². The van der Waals surface area contributed by atoms with E-state index in [4.69, 9.17) is 4.74 Å². The van der Waals surface area contributed by atoms with Crippen molar-refractivity contribution >= 4 is 34.4 Å². The summed E-state index contributed by atoms with van der Waals surface area (Å²) >= 11 is 0. The number of hydrogen-bond donors (Lipinski definition) is 2. The smallest absolute Gasteiger partial charge is 0.319 e. The van der Waals surface area contributed by atoms with E-state index in [1.165, 1.54) is 12.5 Å². The van der Waals surface area contributed by atoms with Crippen LogP contribution >= 0.6 is 0 Å². The van der Waals surface area contributed by atoms with Gasteiger partial charge in [-0.3, -0.25) is 4.79 Å². The Bertz CT molecular complexity index is 1150. The first-order valence-corrected chi connectivity index (χ1v) is 11.7. The Kier molecular flexibility index (Phi) is 7.57. The predicted octanol–water partition coefficient (Wildman–Crippen LogP) is 5.18. The van der Waals surface area contributed by atoms with Gasteiger partial charge in [0.1, 0.15) is 11.3 Å². The monoisotopic (exact) mass is 464 g/mol. The van der Waals surface area contributed by atoms with E-state index in [1.807, 2.05) is 42.5 Å². The zero-order valence-electron chi connectivity index (χ0n) is 19.2. The van der Waals surface area contributed by atoms with Gasteiger partial charge in [0.05, 0.1) is 19.1 Å². The number of aromatic nitrogens is 1. The third-order valence-corrected chi connectivity index (χ3v) is 5.85. The average Bonchev–Trinajstić information content (AvgIpc) is 2.85. The van der Waals surface area contributed by atoms with Crippen LogP contribution in [0.5, 0.6) is 0 Å². The number of carbonyl (C=O) groups is 2. The number of benzene rings is 2. The highest BCUT2D eigenvalue weighted by Gasteiger charge is 2.20. The molecule has 0 radical (unpaired) electrons. The van der Waals surface area contributed by atoms with Crippen LogP contribution < -0.4 is 15.5 Å². The summed E-state index contributed by atoms with van der Waals surface area (Å²) in [6, 6.07) is 14.7. The first kappa shape index (κ1) is 23.5. The van der Waals surface area contributed by atoms with Gasteiger partial charge in [-0.15, -0.1) is 0 Å². The van der Waals surface area contributed by atoms with E-state index in [9.17, 15) is 14.0 Å². The topological polar surface area (TPSA) is 83.6 Å². The Morgan fingerprint density at radius 2 is 1.85 bits per heavy atom. The first-order chi connectivity index (χ1) is 16.5. The number of hydrogen-bond acceptors (Lipinski definition) is 5. The van der Waals surface area contributed by atoms with Gasteiger partial charge in [-0.2, -0.15) is 0 Å². The first-order valence-electron chi connectivity index (χ1n) is 11.7. The Labute approximate surface area is 198 Å². The molecule has 178 valence electrons. The van der Waals surface area contributed by atoms with E-state index in [2.05, 4.69) is 20.5 Å². The molecule has 1 aromatic heterocycles. The van der Waals surface area contributed by atoms with Crippen molar-refractivity contribution < 1.29 is 18.7 Å². The molecule has 0 bridgehead atoms. The fraction of sp³-hybridized carbons (Fsp3) is 0.346. The van der Waals surface area contributed by atoms with Crippen LogP contribution in [0.15, 0.2) is 54.6 Å².